The molecule has 16 heavy (non-hydrogen) atoms. The van der Waals surface area contributed by atoms with E-state index in [2.05, 4.69) is 5.10 Å². The lowest BCUT2D eigenvalue weighted by molar-refractivity contribution is -0.380. The van der Waals surface area contributed by atoms with E-state index in [4.69, 9.17) is 4.74 Å². The first-order chi connectivity index (χ1) is 7.75. The molecule has 0 aromatic carbocycles. The van der Waals surface area contributed by atoms with Crippen molar-refractivity contribution in [1.82, 2.24) is 5.01 Å². The summed E-state index contributed by atoms with van der Waals surface area (Å²) in [7, 11) is 0. The van der Waals surface area contributed by atoms with Crippen LogP contribution in [-0.4, -0.2) is 42.5 Å². The van der Waals surface area contributed by atoms with Gasteiger partial charge in [-0.1, -0.05) is 11.3 Å². The Morgan fingerprint density at radius 1 is 1.50 bits per heavy atom. The maximum atomic E-state index is 10.5. The van der Waals surface area contributed by atoms with Crippen molar-refractivity contribution in [1.29, 1.82) is 0 Å². The predicted octanol–water partition coefficient (Wildman–Crippen LogP) is 1.32. The quantitative estimate of drug-likeness (QED) is 0.454. The highest BCUT2D eigenvalue weighted by Crippen LogP contribution is 2.22. The van der Waals surface area contributed by atoms with Crippen molar-refractivity contribution in [2.24, 2.45) is 5.10 Å². The molecule has 1 aliphatic heterocycles. The zero-order valence-electron chi connectivity index (χ0n) is 8.54. The molecule has 2 rings (SSSR count). The smallest absolute Gasteiger partial charge is 0.324 e. The van der Waals surface area contributed by atoms with E-state index in [9.17, 15) is 10.1 Å². The van der Waals surface area contributed by atoms with Gasteiger partial charge in [-0.25, -0.2) is 0 Å². The van der Waals surface area contributed by atoms with Gasteiger partial charge in [-0.05, 0) is 6.07 Å². The molecule has 0 bridgehead atoms. The number of ether oxygens (including phenoxy) is 1. The SMILES string of the molecule is O=[N+]([O-])c1ccc(/C=N\N2CCOCC2)s1. The summed E-state index contributed by atoms with van der Waals surface area (Å²) < 4.78 is 5.19. The summed E-state index contributed by atoms with van der Waals surface area (Å²) in [5.41, 5.74) is 0. The fourth-order valence-electron chi connectivity index (χ4n) is 1.32. The van der Waals surface area contributed by atoms with E-state index in [1.54, 1.807) is 12.3 Å². The van der Waals surface area contributed by atoms with Crippen LogP contribution in [0.1, 0.15) is 4.88 Å². The third-order valence-electron chi connectivity index (χ3n) is 2.13. The van der Waals surface area contributed by atoms with Crippen LogP contribution in [0.3, 0.4) is 0 Å². The van der Waals surface area contributed by atoms with Crippen LogP contribution in [0.4, 0.5) is 5.00 Å². The summed E-state index contributed by atoms with van der Waals surface area (Å²) in [6, 6.07) is 3.19. The van der Waals surface area contributed by atoms with Crippen molar-refractivity contribution in [3.8, 4) is 0 Å². The molecule has 0 amide bonds. The number of nitro groups is 1. The van der Waals surface area contributed by atoms with Crippen LogP contribution in [0.25, 0.3) is 0 Å². The molecule has 1 fully saturated rings. The highest BCUT2D eigenvalue weighted by Gasteiger charge is 2.09. The molecule has 0 N–H and O–H groups in total. The van der Waals surface area contributed by atoms with Crippen molar-refractivity contribution in [2.75, 3.05) is 26.3 Å². The topological polar surface area (TPSA) is 68.0 Å². The highest BCUT2D eigenvalue weighted by molar-refractivity contribution is 7.16. The average molecular weight is 241 g/mol. The van der Waals surface area contributed by atoms with Crippen LogP contribution >= 0.6 is 11.3 Å². The van der Waals surface area contributed by atoms with E-state index in [1.807, 2.05) is 5.01 Å². The first kappa shape index (κ1) is 11.0. The minimum Gasteiger partial charge on any atom is -0.378 e. The summed E-state index contributed by atoms with van der Waals surface area (Å²) in [5, 5.41) is 16.7. The van der Waals surface area contributed by atoms with Gasteiger partial charge in [0.05, 0.1) is 42.3 Å². The molecule has 0 spiro atoms. The Hall–Kier alpha value is -1.47. The molecule has 1 saturated heterocycles. The van der Waals surface area contributed by atoms with E-state index in [0.717, 1.165) is 29.3 Å². The molecule has 0 saturated carbocycles. The van der Waals surface area contributed by atoms with Crippen LogP contribution in [0.2, 0.25) is 0 Å². The Labute approximate surface area is 96.3 Å². The Bertz CT molecular complexity index is 398. The number of nitrogens with zero attached hydrogens (tertiary/aromatic N) is 3. The predicted molar refractivity (Wildman–Crippen MR) is 61.0 cm³/mol. The van der Waals surface area contributed by atoms with Gasteiger partial charge in [-0.15, -0.1) is 0 Å². The number of hydrogen-bond donors (Lipinski definition) is 0. The molecule has 0 atom stereocenters. The molecular weight excluding hydrogens is 230 g/mol. The lowest BCUT2D eigenvalue weighted by atomic mass is 10.5. The monoisotopic (exact) mass is 241 g/mol. The summed E-state index contributed by atoms with van der Waals surface area (Å²) >= 11 is 1.12. The molecular formula is C9H11N3O3S. The largest absolute Gasteiger partial charge is 0.378 e. The molecule has 1 aromatic heterocycles. The second kappa shape index (κ2) is 5.04. The molecule has 86 valence electrons. The Balaban J connectivity index is 1.96. The van der Waals surface area contributed by atoms with Gasteiger partial charge in [0.2, 0.25) is 0 Å². The molecule has 2 heterocycles. The van der Waals surface area contributed by atoms with Crippen LogP contribution in [-0.2, 0) is 4.74 Å². The van der Waals surface area contributed by atoms with Crippen molar-refractivity contribution >= 4 is 22.6 Å². The second-order valence-electron chi connectivity index (χ2n) is 3.24. The number of rotatable bonds is 3. The lowest BCUT2D eigenvalue weighted by Gasteiger charge is -2.23. The fraction of sp³-hybridized carbons (Fsp3) is 0.444. The van der Waals surface area contributed by atoms with E-state index in [-0.39, 0.29) is 5.00 Å². The summed E-state index contributed by atoms with van der Waals surface area (Å²) in [4.78, 5) is 10.9. The standard InChI is InChI=1S/C9H11N3O3S/c13-12(14)9-2-1-8(16-9)7-10-11-3-5-15-6-4-11/h1-2,7H,3-6H2/b10-7-. The molecule has 6 nitrogen and oxygen atoms in total. The Morgan fingerprint density at radius 3 is 2.88 bits per heavy atom. The van der Waals surface area contributed by atoms with Crippen molar-refractivity contribution in [2.45, 2.75) is 0 Å². The van der Waals surface area contributed by atoms with Gasteiger partial charge < -0.3 is 4.74 Å². The van der Waals surface area contributed by atoms with Crippen molar-refractivity contribution in [3.63, 3.8) is 0 Å². The van der Waals surface area contributed by atoms with Gasteiger partial charge in [0.15, 0.2) is 0 Å². The Kier molecular flexibility index (Phi) is 3.47. The second-order valence-corrected chi connectivity index (χ2v) is 4.34. The summed E-state index contributed by atoms with van der Waals surface area (Å²) in [6.07, 6.45) is 1.66. The molecule has 0 radical (unpaired) electrons. The molecule has 0 unspecified atom stereocenters. The zero-order chi connectivity index (χ0) is 11.4. The zero-order valence-corrected chi connectivity index (χ0v) is 9.35. The maximum Gasteiger partial charge on any atom is 0.324 e. The van der Waals surface area contributed by atoms with E-state index in [1.165, 1.54) is 6.07 Å². The highest BCUT2D eigenvalue weighted by atomic mass is 32.1. The average Bonchev–Trinajstić information content (AvgIpc) is 2.76. The minimum atomic E-state index is -0.392. The minimum absolute atomic E-state index is 0.142. The van der Waals surface area contributed by atoms with Crippen LogP contribution in [0.5, 0.6) is 0 Å². The van der Waals surface area contributed by atoms with Crippen LogP contribution in [0.15, 0.2) is 17.2 Å². The number of hydrazone groups is 1. The van der Waals surface area contributed by atoms with Crippen LogP contribution < -0.4 is 0 Å². The third-order valence-corrected chi connectivity index (χ3v) is 3.10. The molecule has 0 aliphatic carbocycles. The third kappa shape index (κ3) is 2.77. The Morgan fingerprint density at radius 2 is 2.25 bits per heavy atom. The van der Waals surface area contributed by atoms with Crippen molar-refractivity contribution < 1.29 is 9.66 Å². The van der Waals surface area contributed by atoms with Gasteiger partial charge in [-0.3, -0.25) is 15.1 Å². The van der Waals surface area contributed by atoms with E-state index >= 15 is 0 Å². The summed E-state index contributed by atoms with van der Waals surface area (Å²) in [6.45, 7) is 2.90. The summed E-state index contributed by atoms with van der Waals surface area (Å²) in [5.74, 6) is 0. The van der Waals surface area contributed by atoms with E-state index < -0.39 is 4.92 Å². The molecule has 1 aliphatic rings. The lowest BCUT2D eigenvalue weighted by Crippen LogP contribution is -2.32. The first-order valence-corrected chi connectivity index (χ1v) is 5.68. The van der Waals surface area contributed by atoms with Gasteiger partial charge >= 0.3 is 5.00 Å². The number of morpholine rings is 1. The van der Waals surface area contributed by atoms with Gasteiger partial charge in [0, 0.05) is 6.07 Å². The van der Waals surface area contributed by atoms with Gasteiger partial charge in [0.1, 0.15) is 0 Å². The number of thiophene rings is 1. The fourth-order valence-corrected chi connectivity index (χ4v) is 2.01. The van der Waals surface area contributed by atoms with Gasteiger partial charge in [0.25, 0.3) is 0 Å². The van der Waals surface area contributed by atoms with Crippen molar-refractivity contribution in [3.05, 3.63) is 27.1 Å². The number of hydrogen-bond acceptors (Lipinski definition) is 6. The molecule has 1 aromatic rings. The molecule has 7 heteroatoms. The van der Waals surface area contributed by atoms with E-state index in [0.29, 0.717) is 13.2 Å². The first-order valence-electron chi connectivity index (χ1n) is 4.86. The van der Waals surface area contributed by atoms with Crippen LogP contribution in [0, 0.1) is 10.1 Å². The normalized spacial score (nSPS) is 16.9. The van der Waals surface area contributed by atoms with Gasteiger partial charge in [-0.2, -0.15) is 5.10 Å². The maximum absolute atomic E-state index is 10.5.